The fraction of sp³-hybridized carbons (Fsp3) is 0.286. The zero-order valence-corrected chi connectivity index (χ0v) is 12.7. The van der Waals surface area contributed by atoms with Crippen molar-refractivity contribution >= 4 is 29.9 Å². The number of nitrogens with zero attached hydrogens (tertiary/aromatic N) is 2. The number of carbonyl (C=O) groups excluding carboxylic acids is 1. The van der Waals surface area contributed by atoms with Crippen molar-refractivity contribution in [1.29, 1.82) is 0 Å². The lowest BCUT2D eigenvalue weighted by Crippen LogP contribution is -2.32. The molecule has 1 aromatic heterocycles. The third-order valence-electron chi connectivity index (χ3n) is 3.37. The Kier molecular flexibility index (Phi) is 4.88. The van der Waals surface area contributed by atoms with Gasteiger partial charge < -0.3 is 15.2 Å². The fourth-order valence-electron chi connectivity index (χ4n) is 2.26. The molecule has 2 heterocycles. The van der Waals surface area contributed by atoms with Crippen LogP contribution in [0.2, 0.25) is 5.02 Å². The van der Waals surface area contributed by atoms with Crippen LogP contribution in [0.1, 0.15) is 16.9 Å². The van der Waals surface area contributed by atoms with E-state index in [2.05, 4.69) is 5.16 Å². The Labute approximate surface area is 133 Å². The maximum atomic E-state index is 12.2. The Morgan fingerprint density at radius 2 is 2.10 bits per heavy atom. The Bertz CT molecular complexity index is 627. The SMILES string of the molecule is Cl.N[C@@H]1CCN(C(=O)c2cc(-c3ccc(Cl)cc3)on2)C1. The lowest BCUT2D eigenvalue weighted by molar-refractivity contribution is 0.0780. The van der Waals surface area contributed by atoms with E-state index in [1.165, 1.54) is 0 Å². The minimum Gasteiger partial charge on any atom is -0.355 e. The third-order valence-corrected chi connectivity index (χ3v) is 3.62. The summed E-state index contributed by atoms with van der Waals surface area (Å²) < 4.78 is 5.23. The molecule has 0 unspecified atom stereocenters. The summed E-state index contributed by atoms with van der Waals surface area (Å²) in [4.78, 5) is 13.9. The van der Waals surface area contributed by atoms with Gasteiger partial charge in [-0.2, -0.15) is 0 Å². The lowest BCUT2D eigenvalue weighted by Gasteiger charge is -2.12. The number of halogens is 2. The highest BCUT2D eigenvalue weighted by Gasteiger charge is 2.26. The third kappa shape index (κ3) is 3.37. The zero-order valence-electron chi connectivity index (χ0n) is 11.2. The lowest BCUT2D eigenvalue weighted by atomic mass is 10.1. The standard InChI is InChI=1S/C14H14ClN3O2.ClH/c15-10-3-1-9(2-4-10)13-7-12(17-20-13)14(19)18-6-5-11(16)8-18;/h1-4,7,11H,5-6,8,16H2;1H/t11-;/m1./s1. The highest BCUT2D eigenvalue weighted by Crippen LogP contribution is 2.23. The van der Waals surface area contributed by atoms with Gasteiger partial charge in [-0.15, -0.1) is 12.4 Å². The zero-order chi connectivity index (χ0) is 14.1. The molecule has 1 aliphatic rings. The highest BCUT2D eigenvalue weighted by atomic mass is 35.5. The fourth-order valence-corrected chi connectivity index (χ4v) is 2.39. The number of hydrogen-bond acceptors (Lipinski definition) is 4. The molecule has 1 atom stereocenters. The van der Waals surface area contributed by atoms with Crippen LogP contribution < -0.4 is 5.73 Å². The molecule has 21 heavy (non-hydrogen) atoms. The van der Waals surface area contributed by atoms with Gasteiger partial charge in [0.15, 0.2) is 11.5 Å². The maximum absolute atomic E-state index is 12.2. The second-order valence-corrected chi connectivity index (χ2v) is 5.32. The van der Waals surface area contributed by atoms with Gasteiger partial charge >= 0.3 is 0 Å². The van der Waals surface area contributed by atoms with Crippen molar-refractivity contribution in [1.82, 2.24) is 10.1 Å². The van der Waals surface area contributed by atoms with Crippen LogP contribution in [0.25, 0.3) is 11.3 Å². The summed E-state index contributed by atoms with van der Waals surface area (Å²) >= 11 is 5.84. The van der Waals surface area contributed by atoms with Crippen molar-refractivity contribution in [2.75, 3.05) is 13.1 Å². The molecule has 3 rings (SSSR count). The maximum Gasteiger partial charge on any atom is 0.276 e. The van der Waals surface area contributed by atoms with E-state index in [9.17, 15) is 4.79 Å². The molecule has 1 fully saturated rings. The van der Waals surface area contributed by atoms with Crippen LogP contribution in [0, 0.1) is 0 Å². The first-order valence-corrected chi connectivity index (χ1v) is 6.79. The van der Waals surface area contributed by atoms with Crippen LogP contribution in [0.15, 0.2) is 34.9 Å². The monoisotopic (exact) mass is 327 g/mol. The van der Waals surface area contributed by atoms with Gasteiger partial charge in [0.2, 0.25) is 0 Å². The average molecular weight is 328 g/mol. The average Bonchev–Trinajstić information content (AvgIpc) is 3.08. The molecule has 7 heteroatoms. The molecule has 2 N–H and O–H groups in total. The van der Waals surface area contributed by atoms with Crippen LogP contribution >= 0.6 is 24.0 Å². The van der Waals surface area contributed by atoms with Gasteiger partial charge in [-0.3, -0.25) is 4.79 Å². The van der Waals surface area contributed by atoms with Gasteiger partial charge in [-0.05, 0) is 30.7 Å². The van der Waals surface area contributed by atoms with E-state index in [-0.39, 0.29) is 24.4 Å². The minimum atomic E-state index is -0.137. The Morgan fingerprint density at radius 1 is 1.38 bits per heavy atom. The predicted octanol–water partition coefficient (Wildman–Crippen LogP) is 2.59. The molecule has 0 aliphatic carbocycles. The minimum absolute atomic E-state index is 0. The Hall–Kier alpha value is -1.56. The van der Waals surface area contributed by atoms with Gasteiger partial charge in [0, 0.05) is 35.8 Å². The molecule has 0 spiro atoms. The number of rotatable bonds is 2. The van der Waals surface area contributed by atoms with E-state index in [0.717, 1.165) is 12.0 Å². The van der Waals surface area contributed by atoms with E-state index in [0.29, 0.717) is 29.6 Å². The number of hydrogen-bond donors (Lipinski definition) is 1. The van der Waals surface area contributed by atoms with Crippen molar-refractivity contribution in [2.45, 2.75) is 12.5 Å². The first-order valence-electron chi connectivity index (χ1n) is 6.41. The van der Waals surface area contributed by atoms with E-state index in [1.54, 1.807) is 23.1 Å². The van der Waals surface area contributed by atoms with Crippen LogP contribution in [0.5, 0.6) is 0 Å². The predicted molar refractivity (Wildman–Crippen MR) is 82.7 cm³/mol. The van der Waals surface area contributed by atoms with E-state index in [4.69, 9.17) is 21.9 Å². The van der Waals surface area contributed by atoms with Crippen molar-refractivity contribution < 1.29 is 9.32 Å². The van der Waals surface area contributed by atoms with E-state index in [1.807, 2.05) is 12.1 Å². The summed E-state index contributed by atoms with van der Waals surface area (Å²) in [6.07, 6.45) is 0.827. The summed E-state index contributed by atoms with van der Waals surface area (Å²) in [5, 5.41) is 4.49. The van der Waals surface area contributed by atoms with Crippen LogP contribution in [0.3, 0.4) is 0 Å². The molecular formula is C14H15Cl2N3O2. The second-order valence-electron chi connectivity index (χ2n) is 4.88. The van der Waals surface area contributed by atoms with Gasteiger partial charge in [0.25, 0.3) is 5.91 Å². The summed E-state index contributed by atoms with van der Waals surface area (Å²) in [6, 6.07) is 8.88. The quantitative estimate of drug-likeness (QED) is 0.920. The first kappa shape index (κ1) is 15.8. The van der Waals surface area contributed by atoms with Crippen LogP contribution in [-0.4, -0.2) is 35.1 Å². The molecule has 1 saturated heterocycles. The number of likely N-dealkylation sites (tertiary alicyclic amines) is 1. The first-order chi connectivity index (χ1) is 9.63. The molecule has 0 bridgehead atoms. The van der Waals surface area contributed by atoms with Gasteiger partial charge in [0.05, 0.1) is 0 Å². The van der Waals surface area contributed by atoms with Crippen LogP contribution in [0.4, 0.5) is 0 Å². The number of carbonyl (C=O) groups is 1. The second kappa shape index (κ2) is 6.47. The van der Waals surface area contributed by atoms with Crippen molar-refractivity contribution in [2.24, 2.45) is 5.73 Å². The van der Waals surface area contributed by atoms with Gasteiger partial charge in [0.1, 0.15) is 0 Å². The van der Waals surface area contributed by atoms with Crippen molar-refractivity contribution in [3.8, 4) is 11.3 Å². The molecule has 1 aromatic carbocycles. The number of amides is 1. The number of nitrogens with two attached hydrogens (primary N) is 1. The van der Waals surface area contributed by atoms with Crippen molar-refractivity contribution in [3.63, 3.8) is 0 Å². The van der Waals surface area contributed by atoms with E-state index < -0.39 is 0 Å². The smallest absolute Gasteiger partial charge is 0.276 e. The normalized spacial score (nSPS) is 17.6. The molecule has 112 valence electrons. The summed E-state index contributed by atoms with van der Waals surface area (Å²) in [6.45, 7) is 1.24. The number of benzene rings is 1. The van der Waals surface area contributed by atoms with E-state index >= 15 is 0 Å². The highest BCUT2D eigenvalue weighted by molar-refractivity contribution is 6.30. The summed E-state index contributed by atoms with van der Waals surface area (Å²) in [5.41, 5.74) is 6.94. The summed E-state index contributed by atoms with van der Waals surface area (Å²) in [5.74, 6) is 0.412. The van der Waals surface area contributed by atoms with Gasteiger partial charge in [-0.25, -0.2) is 0 Å². The molecule has 1 aliphatic heterocycles. The molecule has 0 radical (unpaired) electrons. The van der Waals surface area contributed by atoms with Gasteiger partial charge in [-0.1, -0.05) is 16.8 Å². The molecule has 2 aromatic rings. The molecule has 0 saturated carbocycles. The molecule has 1 amide bonds. The topological polar surface area (TPSA) is 72.4 Å². The van der Waals surface area contributed by atoms with Crippen molar-refractivity contribution in [3.05, 3.63) is 41.0 Å². The Balaban J connectivity index is 0.00000161. The molecule has 5 nitrogen and oxygen atoms in total. The number of aromatic nitrogens is 1. The Morgan fingerprint density at radius 3 is 2.71 bits per heavy atom. The summed E-state index contributed by atoms with van der Waals surface area (Å²) in [7, 11) is 0. The largest absolute Gasteiger partial charge is 0.355 e. The molecular weight excluding hydrogens is 313 g/mol. The van der Waals surface area contributed by atoms with Crippen LogP contribution in [-0.2, 0) is 0 Å².